The van der Waals surface area contributed by atoms with Gasteiger partial charge in [-0.3, -0.25) is 4.79 Å². The maximum Gasteiger partial charge on any atom is 0.241 e. The summed E-state index contributed by atoms with van der Waals surface area (Å²) in [4.78, 5) is 12.4. The molecular weight excluding hydrogens is 394 g/mol. The lowest BCUT2D eigenvalue weighted by Crippen LogP contribution is -2.40. The molecule has 1 fully saturated rings. The Morgan fingerprint density at radius 1 is 1.35 bits per heavy atom. The van der Waals surface area contributed by atoms with Crippen LogP contribution in [0.2, 0.25) is 0 Å². The van der Waals surface area contributed by atoms with E-state index in [0.717, 1.165) is 18.1 Å². The summed E-state index contributed by atoms with van der Waals surface area (Å²) in [5.74, 6) is 1.87. The number of carbonyl (C=O) groups excluding carboxylic acids is 1. The molecule has 26 heavy (non-hydrogen) atoms. The maximum atomic E-state index is 12.6. The number of sulfonamides is 1. The van der Waals surface area contributed by atoms with Gasteiger partial charge in [-0.25, -0.2) is 13.1 Å². The van der Waals surface area contributed by atoms with Crippen LogP contribution in [0.3, 0.4) is 0 Å². The van der Waals surface area contributed by atoms with Gasteiger partial charge >= 0.3 is 0 Å². The lowest BCUT2D eigenvalue weighted by Gasteiger charge is -2.23. The first kappa shape index (κ1) is 23.2. The normalized spacial score (nSPS) is 18.1. The molecule has 1 aromatic carbocycles. The van der Waals surface area contributed by atoms with Crippen molar-refractivity contribution >= 4 is 45.8 Å². The number of rotatable bonds is 5. The number of halogens is 1. The van der Waals surface area contributed by atoms with Gasteiger partial charge in [0.1, 0.15) is 0 Å². The molecular formula is C17H28ClN3O3S2. The lowest BCUT2D eigenvalue weighted by atomic mass is 10.1. The number of benzene rings is 1. The molecule has 148 valence electrons. The molecule has 3 N–H and O–H groups in total. The molecule has 1 aliphatic rings. The standard InChI is InChI=1S/C17H27N3O3S2.ClH/c1-12-5-6-13(9-15(12)25(22,23)20-17(2,3)4)19-16(21)10-14-11-24-8-7-18-14;/h5-6,9,14,18,20H,7-8,10-11H2,1-4H3,(H,19,21);1H. The molecule has 0 aliphatic carbocycles. The maximum absolute atomic E-state index is 12.6. The second-order valence-corrected chi connectivity index (χ2v) is 10.1. The van der Waals surface area contributed by atoms with Crippen molar-refractivity contribution in [2.24, 2.45) is 0 Å². The Hall–Kier alpha value is -0.800. The molecule has 1 amide bonds. The molecule has 1 heterocycles. The third-order valence-corrected chi connectivity index (χ3v) is 6.66. The number of amides is 1. The number of aryl methyl sites for hydroxylation is 1. The van der Waals surface area contributed by atoms with Crippen LogP contribution in [0.15, 0.2) is 23.1 Å². The molecule has 1 atom stereocenters. The molecule has 9 heteroatoms. The summed E-state index contributed by atoms with van der Waals surface area (Å²) in [6, 6.07) is 5.12. The van der Waals surface area contributed by atoms with Crippen LogP contribution in [-0.2, 0) is 14.8 Å². The highest BCUT2D eigenvalue weighted by Gasteiger charge is 2.24. The zero-order valence-electron chi connectivity index (χ0n) is 15.6. The summed E-state index contributed by atoms with van der Waals surface area (Å²) in [5.41, 5.74) is 0.558. The first-order chi connectivity index (χ1) is 11.6. The van der Waals surface area contributed by atoms with Crippen molar-refractivity contribution in [1.82, 2.24) is 10.0 Å². The number of nitrogens with one attached hydrogen (secondary N) is 3. The van der Waals surface area contributed by atoms with Crippen LogP contribution in [0.1, 0.15) is 32.8 Å². The molecule has 2 rings (SSSR count). The summed E-state index contributed by atoms with van der Waals surface area (Å²) < 4.78 is 27.8. The van der Waals surface area contributed by atoms with Crippen LogP contribution in [0, 0.1) is 6.92 Å². The third kappa shape index (κ3) is 7.08. The van der Waals surface area contributed by atoms with E-state index in [1.54, 1.807) is 39.8 Å². The van der Waals surface area contributed by atoms with Crippen LogP contribution in [0.4, 0.5) is 5.69 Å². The summed E-state index contributed by atoms with van der Waals surface area (Å²) in [6.07, 6.45) is 0.378. The van der Waals surface area contributed by atoms with Crippen LogP contribution >= 0.6 is 24.2 Å². The zero-order chi connectivity index (χ0) is 18.7. The second-order valence-electron chi connectivity index (χ2n) is 7.31. The Labute approximate surface area is 166 Å². The van der Waals surface area contributed by atoms with Gasteiger partial charge < -0.3 is 10.6 Å². The van der Waals surface area contributed by atoms with E-state index in [2.05, 4.69) is 15.4 Å². The molecule has 0 radical (unpaired) electrons. The van der Waals surface area contributed by atoms with E-state index in [1.807, 2.05) is 11.8 Å². The van der Waals surface area contributed by atoms with Gasteiger partial charge in [0.2, 0.25) is 15.9 Å². The fourth-order valence-corrected chi connectivity index (χ4v) is 5.25. The quantitative estimate of drug-likeness (QED) is 0.680. The molecule has 0 spiro atoms. The second kappa shape index (κ2) is 9.41. The predicted molar refractivity (Wildman–Crippen MR) is 111 cm³/mol. The van der Waals surface area contributed by atoms with Gasteiger partial charge in [0, 0.05) is 41.7 Å². The summed E-state index contributed by atoms with van der Waals surface area (Å²) in [5, 5.41) is 6.13. The fraction of sp³-hybridized carbons (Fsp3) is 0.588. The topological polar surface area (TPSA) is 87.3 Å². The molecule has 0 saturated carbocycles. The van der Waals surface area contributed by atoms with Crippen LogP contribution in [0.25, 0.3) is 0 Å². The van der Waals surface area contributed by atoms with Crippen LogP contribution in [-0.4, -0.2) is 44.0 Å². The van der Waals surface area contributed by atoms with Crippen molar-refractivity contribution in [1.29, 1.82) is 0 Å². The number of hydrogen-bond acceptors (Lipinski definition) is 5. The average Bonchev–Trinajstić information content (AvgIpc) is 2.47. The van der Waals surface area contributed by atoms with Crippen molar-refractivity contribution in [3.63, 3.8) is 0 Å². The Morgan fingerprint density at radius 2 is 2.04 bits per heavy atom. The number of anilines is 1. The highest BCUT2D eigenvalue weighted by atomic mass is 35.5. The number of carbonyl (C=O) groups is 1. The molecule has 1 aromatic rings. The molecule has 1 saturated heterocycles. The summed E-state index contributed by atoms with van der Waals surface area (Å²) in [6.45, 7) is 8.03. The van der Waals surface area contributed by atoms with E-state index in [9.17, 15) is 13.2 Å². The summed E-state index contributed by atoms with van der Waals surface area (Å²) in [7, 11) is -3.65. The van der Waals surface area contributed by atoms with E-state index in [-0.39, 0.29) is 29.3 Å². The van der Waals surface area contributed by atoms with E-state index >= 15 is 0 Å². The van der Waals surface area contributed by atoms with Gasteiger partial charge in [-0.1, -0.05) is 6.07 Å². The Balaban J connectivity index is 0.00000338. The molecule has 1 aliphatic heterocycles. The average molecular weight is 422 g/mol. The minimum atomic E-state index is -3.65. The molecule has 1 unspecified atom stereocenters. The first-order valence-corrected chi connectivity index (χ1v) is 11.0. The molecule has 0 aromatic heterocycles. The Morgan fingerprint density at radius 3 is 2.62 bits per heavy atom. The van der Waals surface area contributed by atoms with E-state index < -0.39 is 15.6 Å². The van der Waals surface area contributed by atoms with E-state index in [1.165, 1.54) is 6.07 Å². The monoisotopic (exact) mass is 421 g/mol. The van der Waals surface area contributed by atoms with E-state index in [0.29, 0.717) is 17.7 Å². The summed E-state index contributed by atoms with van der Waals surface area (Å²) >= 11 is 1.83. The van der Waals surface area contributed by atoms with Crippen molar-refractivity contribution in [2.75, 3.05) is 23.4 Å². The smallest absolute Gasteiger partial charge is 0.241 e. The minimum Gasteiger partial charge on any atom is -0.326 e. The van der Waals surface area contributed by atoms with Crippen LogP contribution in [0.5, 0.6) is 0 Å². The highest BCUT2D eigenvalue weighted by Crippen LogP contribution is 2.22. The van der Waals surface area contributed by atoms with Crippen molar-refractivity contribution < 1.29 is 13.2 Å². The van der Waals surface area contributed by atoms with Crippen LogP contribution < -0.4 is 15.4 Å². The van der Waals surface area contributed by atoms with Gasteiger partial charge in [-0.05, 0) is 45.4 Å². The van der Waals surface area contributed by atoms with Gasteiger partial charge in [0.15, 0.2) is 0 Å². The van der Waals surface area contributed by atoms with Crippen molar-refractivity contribution in [3.8, 4) is 0 Å². The Bertz CT molecular complexity index is 727. The third-order valence-electron chi connectivity index (χ3n) is 3.63. The SMILES string of the molecule is Cc1ccc(NC(=O)CC2CSCCN2)cc1S(=O)(=O)NC(C)(C)C.Cl. The van der Waals surface area contributed by atoms with Crippen molar-refractivity contribution in [2.45, 2.75) is 50.6 Å². The first-order valence-electron chi connectivity index (χ1n) is 8.32. The lowest BCUT2D eigenvalue weighted by molar-refractivity contribution is -0.116. The molecule has 6 nitrogen and oxygen atoms in total. The number of thioether (sulfide) groups is 1. The largest absolute Gasteiger partial charge is 0.326 e. The van der Waals surface area contributed by atoms with Gasteiger partial charge in [0.25, 0.3) is 0 Å². The van der Waals surface area contributed by atoms with E-state index in [4.69, 9.17) is 0 Å². The molecule has 0 bridgehead atoms. The van der Waals surface area contributed by atoms with Gasteiger partial charge in [-0.15, -0.1) is 12.4 Å². The minimum absolute atomic E-state index is 0. The van der Waals surface area contributed by atoms with Gasteiger partial charge in [-0.2, -0.15) is 11.8 Å². The predicted octanol–water partition coefficient (Wildman–Crippen LogP) is 2.53. The fourth-order valence-electron chi connectivity index (χ4n) is 2.61. The highest BCUT2D eigenvalue weighted by molar-refractivity contribution is 7.99. The zero-order valence-corrected chi connectivity index (χ0v) is 18.0. The number of hydrogen-bond donors (Lipinski definition) is 3. The Kier molecular flexibility index (Phi) is 8.41. The van der Waals surface area contributed by atoms with Gasteiger partial charge in [0.05, 0.1) is 4.90 Å². The van der Waals surface area contributed by atoms with Crippen molar-refractivity contribution in [3.05, 3.63) is 23.8 Å².